The molecule has 0 saturated carbocycles. The van der Waals surface area contributed by atoms with E-state index < -0.39 is 29.2 Å². The van der Waals surface area contributed by atoms with Crippen LogP contribution in [0.25, 0.3) is 11.1 Å². The number of benzene rings is 2. The largest absolute Gasteiger partial charge is 0.416 e. The van der Waals surface area contributed by atoms with Crippen molar-refractivity contribution >= 4 is 11.9 Å². The molecule has 0 bridgehead atoms. The van der Waals surface area contributed by atoms with Crippen molar-refractivity contribution in [2.24, 2.45) is 0 Å². The first kappa shape index (κ1) is 13.8. The van der Waals surface area contributed by atoms with Crippen molar-refractivity contribution < 1.29 is 22.8 Å². The second-order valence-corrected chi connectivity index (χ2v) is 5.46. The fourth-order valence-corrected chi connectivity index (χ4v) is 3.29. The summed E-state index contributed by atoms with van der Waals surface area (Å²) in [6, 6.07) is 9.27. The van der Waals surface area contributed by atoms with Crippen LogP contribution in [0.2, 0.25) is 0 Å². The molecule has 2 aromatic carbocycles. The minimum absolute atomic E-state index is 0.136. The Kier molecular flexibility index (Phi) is 2.48. The van der Waals surface area contributed by atoms with Crippen molar-refractivity contribution in [1.29, 1.82) is 0 Å². The zero-order valence-corrected chi connectivity index (χ0v) is 11.5. The average Bonchev–Trinajstić information content (AvgIpc) is 2.95. The Morgan fingerprint density at radius 2 is 1.61 bits per heavy atom. The molecule has 4 rings (SSSR count). The molecule has 1 heterocycles. The molecule has 2 aliphatic rings. The van der Waals surface area contributed by atoms with Gasteiger partial charge in [0.1, 0.15) is 0 Å². The number of fused-ring (bicyclic) bond motifs is 5. The lowest BCUT2D eigenvalue weighted by molar-refractivity contribution is -0.137. The number of nitrogens with one attached hydrogen (secondary N) is 2. The summed E-state index contributed by atoms with van der Waals surface area (Å²) in [6.45, 7) is 0. The van der Waals surface area contributed by atoms with Crippen molar-refractivity contribution in [2.45, 2.75) is 11.7 Å². The van der Waals surface area contributed by atoms with Gasteiger partial charge in [-0.15, -0.1) is 0 Å². The molecule has 1 atom stereocenters. The molecule has 23 heavy (non-hydrogen) atoms. The van der Waals surface area contributed by atoms with Crippen molar-refractivity contribution in [2.75, 3.05) is 0 Å². The maximum Gasteiger partial charge on any atom is 0.416 e. The lowest BCUT2D eigenvalue weighted by Crippen LogP contribution is -2.43. The number of rotatable bonds is 0. The van der Waals surface area contributed by atoms with E-state index in [1.54, 1.807) is 24.3 Å². The van der Waals surface area contributed by atoms with E-state index in [0.29, 0.717) is 16.7 Å². The molecule has 3 amide bonds. The molecule has 2 aromatic rings. The summed E-state index contributed by atoms with van der Waals surface area (Å²) in [5.41, 5.74) is -0.726. The summed E-state index contributed by atoms with van der Waals surface area (Å²) >= 11 is 0. The summed E-state index contributed by atoms with van der Waals surface area (Å²) < 4.78 is 39.1. The third-order valence-electron chi connectivity index (χ3n) is 4.24. The first-order valence-electron chi connectivity index (χ1n) is 6.79. The van der Waals surface area contributed by atoms with Gasteiger partial charge in [-0.3, -0.25) is 10.1 Å². The van der Waals surface area contributed by atoms with Crippen LogP contribution in [-0.2, 0) is 16.5 Å². The third kappa shape index (κ3) is 1.67. The van der Waals surface area contributed by atoms with Crippen molar-refractivity contribution in [3.63, 3.8) is 0 Å². The van der Waals surface area contributed by atoms with Gasteiger partial charge in [0.25, 0.3) is 5.91 Å². The molecule has 1 saturated heterocycles. The Morgan fingerprint density at radius 1 is 0.913 bits per heavy atom. The molecule has 0 radical (unpaired) electrons. The van der Waals surface area contributed by atoms with Gasteiger partial charge in [0.05, 0.1) is 5.56 Å². The molecule has 116 valence electrons. The van der Waals surface area contributed by atoms with Gasteiger partial charge in [-0.25, -0.2) is 4.79 Å². The Hall–Kier alpha value is -2.83. The molecular formula is C16H9F3N2O2. The maximum absolute atomic E-state index is 13.0. The van der Waals surface area contributed by atoms with E-state index >= 15 is 0 Å². The fraction of sp³-hybridized carbons (Fsp3) is 0.125. The SMILES string of the molecule is O=C1NC(=O)C2(N1)c1ccccc1-c1ccc(C(F)(F)F)cc12. The highest BCUT2D eigenvalue weighted by molar-refractivity contribution is 6.13. The molecule has 0 aromatic heterocycles. The van der Waals surface area contributed by atoms with Gasteiger partial charge in [0.15, 0.2) is 5.54 Å². The normalized spacial score (nSPS) is 21.9. The minimum Gasteiger partial charge on any atom is -0.316 e. The molecule has 4 nitrogen and oxygen atoms in total. The number of alkyl halides is 3. The highest BCUT2D eigenvalue weighted by Crippen LogP contribution is 2.50. The number of amides is 3. The first-order chi connectivity index (χ1) is 10.8. The van der Waals surface area contributed by atoms with Gasteiger partial charge in [0, 0.05) is 5.56 Å². The maximum atomic E-state index is 13.0. The lowest BCUT2D eigenvalue weighted by Gasteiger charge is -2.23. The number of urea groups is 1. The van der Waals surface area contributed by atoms with Crippen LogP contribution in [0.5, 0.6) is 0 Å². The van der Waals surface area contributed by atoms with E-state index in [9.17, 15) is 22.8 Å². The number of halogens is 3. The van der Waals surface area contributed by atoms with Crippen molar-refractivity contribution in [3.05, 3.63) is 59.2 Å². The Balaban J connectivity index is 2.06. The summed E-state index contributed by atoms with van der Waals surface area (Å²) in [7, 11) is 0. The molecule has 7 heteroatoms. The number of imide groups is 1. The predicted molar refractivity (Wildman–Crippen MR) is 74.3 cm³/mol. The minimum atomic E-state index is -4.54. The number of hydrogen-bond acceptors (Lipinski definition) is 2. The Morgan fingerprint density at radius 3 is 2.26 bits per heavy atom. The van der Waals surface area contributed by atoms with Crippen LogP contribution in [-0.4, -0.2) is 11.9 Å². The van der Waals surface area contributed by atoms with Gasteiger partial charge < -0.3 is 5.32 Å². The second kappa shape index (κ2) is 4.13. The Labute approximate surface area is 128 Å². The van der Waals surface area contributed by atoms with Gasteiger partial charge in [-0.05, 0) is 28.8 Å². The summed E-state index contributed by atoms with van der Waals surface area (Å²) in [5.74, 6) is -0.673. The van der Waals surface area contributed by atoms with Crippen LogP contribution in [0.3, 0.4) is 0 Å². The lowest BCUT2D eigenvalue weighted by atomic mass is 9.87. The smallest absolute Gasteiger partial charge is 0.316 e. The quantitative estimate of drug-likeness (QED) is 0.734. The van der Waals surface area contributed by atoms with Crippen LogP contribution >= 0.6 is 0 Å². The fourth-order valence-electron chi connectivity index (χ4n) is 3.29. The van der Waals surface area contributed by atoms with E-state index in [1.165, 1.54) is 6.07 Å². The van der Waals surface area contributed by atoms with Crippen LogP contribution in [0, 0.1) is 0 Å². The van der Waals surface area contributed by atoms with Crippen LogP contribution in [0.15, 0.2) is 42.5 Å². The molecule has 1 spiro atoms. The Bertz CT molecular complexity index is 876. The van der Waals surface area contributed by atoms with E-state index in [1.807, 2.05) is 0 Å². The van der Waals surface area contributed by atoms with Gasteiger partial charge >= 0.3 is 12.2 Å². The summed E-state index contributed by atoms with van der Waals surface area (Å²) in [4.78, 5) is 24.1. The zero-order valence-electron chi connectivity index (χ0n) is 11.5. The van der Waals surface area contributed by atoms with E-state index in [2.05, 4.69) is 10.6 Å². The number of carbonyl (C=O) groups excluding carboxylic acids is 2. The van der Waals surface area contributed by atoms with Crippen LogP contribution in [0.1, 0.15) is 16.7 Å². The predicted octanol–water partition coefficient (Wildman–Crippen LogP) is 2.77. The first-order valence-corrected chi connectivity index (χ1v) is 6.79. The molecule has 1 fully saturated rings. The van der Waals surface area contributed by atoms with Crippen LogP contribution in [0.4, 0.5) is 18.0 Å². The number of carbonyl (C=O) groups is 2. The third-order valence-corrected chi connectivity index (χ3v) is 4.24. The zero-order chi connectivity index (χ0) is 16.4. The standard InChI is InChI=1S/C16H9F3N2O2/c17-16(18,19)8-5-6-10-9-3-1-2-4-11(9)15(12(10)7-8)13(22)20-14(23)21-15/h1-7H,(H2,20,21,22,23). The molecule has 1 unspecified atom stereocenters. The van der Waals surface area contributed by atoms with Crippen molar-refractivity contribution in [1.82, 2.24) is 10.6 Å². The van der Waals surface area contributed by atoms with Gasteiger partial charge in [0.2, 0.25) is 0 Å². The summed E-state index contributed by atoms with van der Waals surface area (Å²) in [5, 5.41) is 4.62. The topological polar surface area (TPSA) is 58.2 Å². The van der Waals surface area contributed by atoms with Crippen LogP contribution < -0.4 is 10.6 Å². The second-order valence-electron chi connectivity index (χ2n) is 5.46. The van der Waals surface area contributed by atoms with E-state index in [-0.39, 0.29) is 5.56 Å². The summed E-state index contributed by atoms with van der Waals surface area (Å²) in [6.07, 6.45) is -4.54. The van der Waals surface area contributed by atoms with Gasteiger partial charge in [-0.2, -0.15) is 13.2 Å². The van der Waals surface area contributed by atoms with Gasteiger partial charge in [-0.1, -0.05) is 30.3 Å². The average molecular weight is 318 g/mol. The highest BCUT2D eigenvalue weighted by atomic mass is 19.4. The molecular weight excluding hydrogens is 309 g/mol. The van der Waals surface area contributed by atoms with Crippen molar-refractivity contribution in [3.8, 4) is 11.1 Å². The molecule has 1 aliphatic carbocycles. The highest BCUT2D eigenvalue weighted by Gasteiger charge is 2.55. The monoisotopic (exact) mass is 318 g/mol. The molecule has 2 N–H and O–H groups in total. The van der Waals surface area contributed by atoms with E-state index in [4.69, 9.17) is 0 Å². The van der Waals surface area contributed by atoms with E-state index in [0.717, 1.165) is 12.1 Å². The molecule has 1 aliphatic heterocycles. The number of hydrogen-bond donors (Lipinski definition) is 2.